The van der Waals surface area contributed by atoms with Gasteiger partial charge in [0.2, 0.25) is 11.8 Å². The van der Waals surface area contributed by atoms with Crippen LogP contribution in [0.4, 0.5) is 0 Å². The molecular weight excluding hydrogens is 432 g/mol. The Morgan fingerprint density at radius 1 is 1.00 bits per heavy atom. The van der Waals surface area contributed by atoms with Crippen LogP contribution in [-0.2, 0) is 20.7 Å². The maximum absolute atomic E-state index is 13.3. The lowest BCUT2D eigenvalue weighted by Gasteiger charge is -2.39. The zero-order valence-corrected chi connectivity index (χ0v) is 20.1. The van der Waals surface area contributed by atoms with Crippen molar-refractivity contribution in [1.82, 2.24) is 9.80 Å². The SMILES string of the molecule is COc1ccc(C)cc1CC(=O)N1CC[C@H](Oc2ccccc2)[C@@H](CC(=O)N2CCOCC2)C1. The van der Waals surface area contributed by atoms with Gasteiger partial charge in [-0.3, -0.25) is 9.59 Å². The van der Waals surface area contributed by atoms with E-state index in [2.05, 4.69) is 0 Å². The minimum Gasteiger partial charge on any atom is -0.496 e. The third-order valence-corrected chi connectivity index (χ3v) is 6.63. The van der Waals surface area contributed by atoms with Crippen LogP contribution in [-0.4, -0.2) is 74.2 Å². The molecule has 2 fully saturated rings. The average Bonchev–Trinajstić information content (AvgIpc) is 2.86. The van der Waals surface area contributed by atoms with Crippen LogP contribution in [0, 0.1) is 12.8 Å². The van der Waals surface area contributed by atoms with Crippen LogP contribution in [0.2, 0.25) is 0 Å². The molecule has 0 N–H and O–H groups in total. The molecule has 2 saturated heterocycles. The minimum absolute atomic E-state index is 0.0471. The summed E-state index contributed by atoms with van der Waals surface area (Å²) in [4.78, 5) is 30.1. The van der Waals surface area contributed by atoms with Gasteiger partial charge in [0.25, 0.3) is 0 Å². The summed E-state index contributed by atoms with van der Waals surface area (Å²) >= 11 is 0. The third-order valence-electron chi connectivity index (χ3n) is 6.63. The van der Waals surface area contributed by atoms with E-state index in [9.17, 15) is 9.59 Å². The molecule has 2 aliphatic rings. The molecular formula is C27H34N2O5. The van der Waals surface area contributed by atoms with Crippen LogP contribution in [0.5, 0.6) is 11.5 Å². The van der Waals surface area contributed by atoms with Gasteiger partial charge < -0.3 is 24.0 Å². The highest BCUT2D eigenvalue weighted by atomic mass is 16.5. The van der Waals surface area contributed by atoms with Crippen molar-refractivity contribution < 1.29 is 23.8 Å². The normalized spacial score (nSPS) is 20.6. The highest BCUT2D eigenvalue weighted by molar-refractivity contribution is 5.80. The second-order valence-corrected chi connectivity index (χ2v) is 9.05. The number of hydrogen-bond donors (Lipinski definition) is 0. The topological polar surface area (TPSA) is 68.3 Å². The van der Waals surface area contributed by atoms with Crippen molar-refractivity contribution in [3.8, 4) is 11.5 Å². The van der Waals surface area contributed by atoms with Gasteiger partial charge in [-0.15, -0.1) is 0 Å². The molecule has 2 amide bonds. The van der Waals surface area contributed by atoms with Gasteiger partial charge in [0.05, 0.1) is 26.7 Å². The zero-order chi connectivity index (χ0) is 23.9. The van der Waals surface area contributed by atoms with Crippen LogP contribution in [0.15, 0.2) is 48.5 Å². The van der Waals surface area contributed by atoms with Crippen molar-refractivity contribution in [2.45, 2.75) is 32.3 Å². The average molecular weight is 467 g/mol. The van der Waals surface area contributed by atoms with E-state index in [1.54, 1.807) is 7.11 Å². The number of benzene rings is 2. The minimum atomic E-state index is -0.120. The van der Waals surface area contributed by atoms with Crippen molar-refractivity contribution in [2.24, 2.45) is 5.92 Å². The summed E-state index contributed by atoms with van der Waals surface area (Å²) in [7, 11) is 1.62. The summed E-state index contributed by atoms with van der Waals surface area (Å²) in [6, 6.07) is 15.6. The maximum atomic E-state index is 13.3. The number of likely N-dealkylation sites (tertiary alicyclic amines) is 1. The highest BCUT2D eigenvalue weighted by Crippen LogP contribution is 2.28. The van der Waals surface area contributed by atoms with Gasteiger partial charge in [-0.1, -0.05) is 35.9 Å². The van der Waals surface area contributed by atoms with Gasteiger partial charge in [0.15, 0.2) is 0 Å². The van der Waals surface area contributed by atoms with E-state index < -0.39 is 0 Å². The molecule has 2 aliphatic heterocycles. The van der Waals surface area contributed by atoms with Crippen LogP contribution in [0.1, 0.15) is 24.0 Å². The van der Waals surface area contributed by atoms with Crippen molar-refractivity contribution in [2.75, 3.05) is 46.5 Å². The molecule has 7 nitrogen and oxygen atoms in total. The fourth-order valence-corrected chi connectivity index (χ4v) is 4.75. The number of methoxy groups -OCH3 is 1. The largest absolute Gasteiger partial charge is 0.496 e. The molecule has 0 radical (unpaired) electrons. The summed E-state index contributed by atoms with van der Waals surface area (Å²) in [5.74, 6) is 1.59. The van der Waals surface area contributed by atoms with E-state index in [4.69, 9.17) is 14.2 Å². The van der Waals surface area contributed by atoms with Crippen LogP contribution in [0.3, 0.4) is 0 Å². The van der Waals surface area contributed by atoms with E-state index in [0.717, 1.165) is 22.6 Å². The number of rotatable bonds is 7. The summed E-state index contributed by atoms with van der Waals surface area (Å²) in [5, 5.41) is 0. The molecule has 2 heterocycles. The monoisotopic (exact) mass is 466 g/mol. The number of carbonyl (C=O) groups excluding carboxylic acids is 2. The number of carbonyl (C=O) groups is 2. The lowest BCUT2D eigenvalue weighted by Crippen LogP contribution is -2.50. The maximum Gasteiger partial charge on any atom is 0.227 e. The Bertz CT molecular complexity index is 974. The van der Waals surface area contributed by atoms with E-state index in [0.29, 0.717) is 52.2 Å². The van der Waals surface area contributed by atoms with E-state index in [1.165, 1.54) is 0 Å². The molecule has 7 heteroatoms. The Labute approximate surface area is 201 Å². The van der Waals surface area contributed by atoms with Crippen molar-refractivity contribution in [1.29, 1.82) is 0 Å². The number of piperidine rings is 1. The molecule has 2 aromatic rings. The smallest absolute Gasteiger partial charge is 0.227 e. The molecule has 0 unspecified atom stereocenters. The first-order valence-electron chi connectivity index (χ1n) is 12.0. The van der Waals surface area contributed by atoms with Gasteiger partial charge >= 0.3 is 0 Å². The number of morpholine rings is 1. The van der Waals surface area contributed by atoms with Crippen molar-refractivity contribution >= 4 is 11.8 Å². The Morgan fingerprint density at radius 3 is 2.50 bits per heavy atom. The lowest BCUT2D eigenvalue weighted by atomic mass is 9.90. The first kappa shape index (κ1) is 24.1. The second-order valence-electron chi connectivity index (χ2n) is 9.05. The Kier molecular flexibility index (Phi) is 8.06. The Hall–Kier alpha value is -3.06. The zero-order valence-electron chi connectivity index (χ0n) is 20.1. The number of hydrogen-bond acceptors (Lipinski definition) is 5. The standard InChI is InChI=1S/C27H34N2O5/c1-20-8-9-24(32-2)21(16-20)17-27(31)29-11-10-25(34-23-6-4-3-5-7-23)22(19-29)18-26(30)28-12-14-33-15-13-28/h3-9,16,22,25H,10-15,17-19H2,1-2H3/t22-,25-/m0/s1. The Balaban J connectivity index is 1.46. The van der Waals surface area contributed by atoms with Gasteiger partial charge in [0, 0.05) is 50.5 Å². The molecule has 4 rings (SSSR count). The molecule has 0 spiro atoms. The van der Waals surface area contributed by atoms with Crippen molar-refractivity contribution in [3.05, 3.63) is 59.7 Å². The first-order valence-corrected chi connectivity index (χ1v) is 12.0. The molecule has 0 bridgehead atoms. The lowest BCUT2D eigenvalue weighted by molar-refractivity contribution is -0.141. The number of amides is 2. The molecule has 182 valence electrons. The summed E-state index contributed by atoms with van der Waals surface area (Å²) in [6.45, 7) is 5.49. The molecule has 2 atom stereocenters. The van der Waals surface area contributed by atoms with E-state index in [-0.39, 0.29) is 30.3 Å². The summed E-state index contributed by atoms with van der Waals surface area (Å²) in [6.07, 6.45) is 1.20. The van der Waals surface area contributed by atoms with Gasteiger partial charge in [-0.25, -0.2) is 0 Å². The van der Waals surface area contributed by atoms with Crippen LogP contribution < -0.4 is 9.47 Å². The fraction of sp³-hybridized carbons (Fsp3) is 0.481. The summed E-state index contributed by atoms with van der Waals surface area (Å²) < 4.78 is 17.2. The van der Waals surface area contributed by atoms with Crippen LogP contribution >= 0.6 is 0 Å². The predicted molar refractivity (Wildman–Crippen MR) is 129 cm³/mol. The molecule has 0 aliphatic carbocycles. The second kappa shape index (κ2) is 11.4. The number of aryl methyl sites for hydroxylation is 1. The van der Waals surface area contributed by atoms with Crippen LogP contribution in [0.25, 0.3) is 0 Å². The quantitative estimate of drug-likeness (QED) is 0.627. The molecule has 0 aromatic heterocycles. The van der Waals surface area contributed by atoms with E-state index >= 15 is 0 Å². The van der Waals surface area contributed by atoms with Gasteiger partial charge in [0.1, 0.15) is 17.6 Å². The first-order chi connectivity index (χ1) is 16.5. The third kappa shape index (κ3) is 6.08. The van der Waals surface area contributed by atoms with Crippen molar-refractivity contribution in [3.63, 3.8) is 0 Å². The molecule has 2 aromatic carbocycles. The van der Waals surface area contributed by atoms with E-state index in [1.807, 2.05) is 65.3 Å². The Morgan fingerprint density at radius 2 is 1.76 bits per heavy atom. The number of nitrogens with zero attached hydrogens (tertiary/aromatic N) is 2. The number of ether oxygens (including phenoxy) is 3. The van der Waals surface area contributed by atoms with Gasteiger partial charge in [-0.2, -0.15) is 0 Å². The molecule has 0 saturated carbocycles. The predicted octanol–water partition coefficient (Wildman–Crippen LogP) is 3.09. The fourth-order valence-electron chi connectivity index (χ4n) is 4.75. The highest BCUT2D eigenvalue weighted by Gasteiger charge is 2.35. The van der Waals surface area contributed by atoms with Gasteiger partial charge in [-0.05, 0) is 25.1 Å². The molecule has 34 heavy (non-hydrogen) atoms. The summed E-state index contributed by atoms with van der Waals surface area (Å²) in [5.41, 5.74) is 1.98. The number of para-hydroxylation sites is 1.